The summed E-state index contributed by atoms with van der Waals surface area (Å²) in [5.74, 6) is 0.564. The molecule has 1 aliphatic rings. The molecule has 0 saturated carbocycles. The predicted molar refractivity (Wildman–Crippen MR) is 349 cm³/mol. The molecular formula is C75H71N3O5S2. The van der Waals surface area contributed by atoms with Gasteiger partial charge in [-0.3, -0.25) is 9.36 Å². The molecule has 9 aromatic carbocycles. The zero-order valence-corrected chi connectivity index (χ0v) is 50.5. The summed E-state index contributed by atoms with van der Waals surface area (Å²) in [5.41, 5.74) is 14.0. The Bertz CT molecular complexity index is 3640. The van der Waals surface area contributed by atoms with Crippen LogP contribution in [0.1, 0.15) is 87.9 Å². The molecule has 1 aliphatic carbocycles. The zero-order valence-electron chi connectivity index (χ0n) is 48.8. The molecule has 428 valence electrons. The van der Waals surface area contributed by atoms with Crippen molar-refractivity contribution in [3.8, 4) is 11.1 Å². The molecule has 0 aliphatic heterocycles. The Morgan fingerprint density at radius 2 is 0.918 bits per heavy atom. The van der Waals surface area contributed by atoms with Gasteiger partial charge in [-0.05, 0) is 102 Å². The molecule has 0 fully saturated rings. The summed E-state index contributed by atoms with van der Waals surface area (Å²) < 4.78 is 12.4. The number of aryl methyl sites for hydroxylation is 2. The van der Waals surface area contributed by atoms with Crippen molar-refractivity contribution >= 4 is 52.5 Å². The number of nitrogens with zero attached hydrogens (tertiary/aromatic N) is 2. The number of carbonyl (C=O) groups is 3. The average Bonchev–Trinajstić information content (AvgIpc) is 3.68. The topological polar surface area (TPSA) is 89.9 Å². The highest BCUT2D eigenvalue weighted by molar-refractivity contribution is 8.01. The molecule has 1 aromatic heterocycles. The number of thioether (sulfide) groups is 2. The van der Waals surface area contributed by atoms with Crippen molar-refractivity contribution in [2.75, 3.05) is 31.2 Å². The fourth-order valence-electron chi connectivity index (χ4n) is 12.0. The Hall–Kier alpha value is -8.57. The van der Waals surface area contributed by atoms with Gasteiger partial charge in [-0.25, -0.2) is 9.59 Å². The zero-order chi connectivity index (χ0) is 59.0. The minimum absolute atomic E-state index is 0.0544. The lowest BCUT2D eigenvalue weighted by atomic mass is 9.84. The Kier molecular flexibility index (Phi) is 17.6. The van der Waals surface area contributed by atoms with E-state index in [2.05, 4.69) is 189 Å². The summed E-state index contributed by atoms with van der Waals surface area (Å²) in [4.78, 5) is 47.1. The van der Waals surface area contributed by atoms with Gasteiger partial charge < -0.3 is 19.7 Å². The van der Waals surface area contributed by atoms with Crippen molar-refractivity contribution < 1.29 is 23.9 Å². The van der Waals surface area contributed by atoms with E-state index in [1.54, 1.807) is 29.7 Å². The van der Waals surface area contributed by atoms with E-state index in [4.69, 9.17) is 9.47 Å². The van der Waals surface area contributed by atoms with Crippen molar-refractivity contribution in [3.05, 3.63) is 310 Å². The second-order valence-corrected chi connectivity index (χ2v) is 25.4. The molecule has 1 atom stereocenters. The maximum Gasteiger partial charge on any atom is 0.419 e. The number of aromatic nitrogens is 1. The van der Waals surface area contributed by atoms with Crippen LogP contribution in [0.4, 0.5) is 9.59 Å². The number of carbonyl (C=O) groups excluding carboxylic acids is 3. The summed E-state index contributed by atoms with van der Waals surface area (Å²) >= 11 is 3.59. The molecule has 0 bridgehead atoms. The van der Waals surface area contributed by atoms with Crippen molar-refractivity contribution in [1.82, 2.24) is 14.8 Å². The first-order valence-electron chi connectivity index (χ1n) is 29.2. The maximum atomic E-state index is 16.4. The number of nitrogens with one attached hydrogen (secondary N) is 1. The lowest BCUT2D eigenvalue weighted by molar-refractivity contribution is -0.132. The maximum absolute atomic E-state index is 16.4. The van der Waals surface area contributed by atoms with E-state index < -0.39 is 33.3 Å². The van der Waals surface area contributed by atoms with Crippen LogP contribution in [0.25, 0.3) is 22.0 Å². The molecule has 10 heteroatoms. The molecule has 0 spiro atoms. The number of benzene rings is 9. The van der Waals surface area contributed by atoms with Crippen LogP contribution >= 0.6 is 23.5 Å². The van der Waals surface area contributed by atoms with Crippen molar-refractivity contribution in [3.63, 3.8) is 0 Å². The van der Waals surface area contributed by atoms with Gasteiger partial charge in [0.25, 0.3) is 0 Å². The lowest BCUT2D eigenvalue weighted by Gasteiger charge is -2.38. The first kappa shape index (κ1) is 58.2. The molecule has 0 radical (unpaired) electrons. The number of fused-ring (bicyclic) bond motifs is 4. The molecule has 2 amide bonds. The molecule has 1 heterocycles. The smallest absolute Gasteiger partial charge is 0.419 e. The molecule has 8 nitrogen and oxygen atoms in total. The van der Waals surface area contributed by atoms with Gasteiger partial charge in [0.2, 0.25) is 5.91 Å². The number of ether oxygens (including phenoxy) is 2. The van der Waals surface area contributed by atoms with Crippen LogP contribution in [0.5, 0.6) is 0 Å². The third kappa shape index (κ3) is 12.5. The first-order valence-corrected chi connectivity index (χ1v) is 31.2. The second kappa shape index (κ2) is 25.7. The average molecular weight is 1160 g/mol. The third-order valence-corrected chi connectivity index (χ3v) is 19.1. The molecule has 11 rings (SSSR count). The summed E-state index contributed by atoms with van der Waals surface area (Å²) in [6.45, 7) is 10.4. The van der Waals surface area contributed by atoms with Crippen LogP contribution in [0, 0.1) is 13.8 Å². The lowest BCUT2D eigenvalue weighted by Crippen LogP contribution is -2.51. The highest BCUT2D eigenvalue weighted by Gasteiger charge is 2.40. The van der Waals surface area contributed by atoms with Gasteiger partial charge in [-0.2, -0.15) is 0 Å². The summed E-state index contributed by atoms with van der Waals surface area (Å²) in [6.07, 6.45) is 0.553. The SMILES string of the molecule is Cc1ccc(C(SCCN(CCSC(c2ccccc2)(c2ccccc2)c2ccc(C)cc2)C(=O)[C@H](Cc2cn(C(=O)OC(C)(C)C)c3ccccc23)NC(=O)OCC2c3ccccc3-c3ccccc32)(c2ccccc2)c2ccccc2)cc1. The van der Waals surface area contributed by atoms with E-state index in [9.17, 15) is 9.59 Å². The van der Waals surface area contributed by atoms with E-state index >= 15 is 4.79 Å². The van der Waals surface area contributed by atoms with Gasteiger partial charge in [0, 0.05) is 48.5 Å². The van der Waals surface area contributed by atoms with Crippen LogP contribution < -0.4 is 5.32 Å². The van der Waals surface area contributed by atoms with E-state index in [1.165, 1.54) is 4.57 Å². The molecular weight excluding hydrogens is 1090 g/mol. The molecule has 0 unspecified atom stereocenters. The van der Waals surface area contributed by atoms with Gasteiger partial charge >= 0.3 is 12.2 Å². The highest BCUT2D eigenvalue weighted by Crippen LogP contribution is 2.51. The summed E-state index contributed by atoms with van der Waals surface area (Å²) in [7, 11) is 0. The Morgan fingerprint density at radius 1 is 0.518 bits per heavy atom. The van der Waals surface area contributed by atoms with Crippen molar-refractivity contribution in [1.29, 1.82) is 0 Å². The number of rotatable bonds is 20. The standard InChI is InChI=1S/C75H71N3O5S2/c1-53-38-42-60(43-39-53)74(56-24-10-6-11-25-56,57-26-12-7-13-27-57)84-48-46-77(47-49-85-75(58-28-14-8-15-29-58,59-30-16-9-17-31-59)61-44-40-54(2)41-45-61)70(79)68(50-55-51-78(72(81)83-73(3,4)5)69-37-23-22-32-62(55)69)76-71(80)82-52-67-65-35-20-18-33-63(65)64-34-19-21-36-66(64)67/h6-45,51,67-68H,46-50,52H2,1-5H3,(H,76,80)/t68-/m0/s1. The fraction of sp³-hybridized carbons (Fsp3) is 0.213. The van der Waals surface area contributed by atoms with Crippen LogP contribution in [0.15, 0.2) is 249 Å². The molecule has 1 N–H and O–H groups in total. The number of para-hydroxylation sites is 1. The van der Waals surface area contributed by atoms with Crippen LogP contribution in [0.3, 0.4) is 0 Å². The van der Waals surface area contributed by atoms with Gasteiger partial charge in [0.15, 0.2) is 0 Å². The number of hydrogen-bond acceptors (Lipinski definition) is 7. The van der Waals surface area contributed by atoms with Crippen molar-refractivity contribution in [2.45, 2.75) is 68.1 Å². The Balaban J connectivity index is 0.993. The van der Waals surface area contributed by atoms with Crippen LogP contribution in [0.2, 0.25) is 0 Å². The highest BCUT2D eigenvalue weighted by atomic mass is 32.2. The predicted octanol–water partition coefficient (Wildman–Crippen LogP) is 16.8. The van der Waals surface area contributed by atoms with E-state index in [0.717, 1.165) is 72.1 Å². The van der Waals surface area contributed by atoms with Gasteiger partial charge in [0.05, 0.1) is 15.0 Å². The second-order valence-electron chi connectivity index (χ2n) is 22.8. The summed E-state index contributed by atoms with van der Waals surface area (Å²) in [6, 6.07) is 83.0. The normalized spacial score (nSPS) is 12.7. The molecule has 10 aromatic rings. The minimum atomic E-state index is -1.13. The van der Waals surface area contributed by atoms with Gasteiger partial charge in [-0.1, -0.05) is 248 Å². The van der Waals surface area contributed by atoms with E-state index in [1.807, 2.05) is 98.5 Å². The van der Waals surface area contributed by atoms with Gasteiger partial charge in [0.1, 0.15) is 18.2 Å². The largest absolute Gasteiger partial charge is 0.449 e. The minimum Gasteiger partial charge on any atom is -0.449 e. The molecule has 85 heavy (non-hydrogen) atoms. The van der Waals surface area contributed by atoms with Crippen LogP contribution in [-0.4, -0.2) is 70.4 Å². The number of hydrogen-bond donors (Lipinski definition) is 1. The molecule has 0 saturated heterocycles. The number of amides is 2. The summed E-state index contributed by atoms with van der Waals surface area (Å²) in [5, 5.41) is 3.91. The van der Waals surface area contributed by atoms with Crippen molar-refractivity contribution in [2.24, 2.45) is 0 Å². The quantitative estimate of drug-likeness (QED) is 0.0761. The number of alkyl carbamates (subject to hydrolysis) is 1. The van der Waals surface area contributed by atoms with E-state index in [0.29, 0.717) is 35.7 Å². The Morgan fingerprint density at radius 3 is 1.36 bits per heavy atom. The van der Waals surface area contributed by atoms with E-state index in [-0.39, 0.29) is 24.9 Å². The van der Waals surface area contributed by atoms with Crippen LogP contribution in [-0.2, 0) is 30.2 Å². The first-order chi connectivity index (χ1) is 41.3. The Labute approximate surface area is 508 Å². The third-order valence-electron chi connectivity index (χ3n) is 16.1. The van der Waals surface area contributed by atoms with Gasteiger partial charge in [-0.15, -0.1) is 23.5 Å². The fourth-order valence-corrected chi connectivity index (χ4v) is 15.1. The monoisotopic (exact) mass is 1160 g/mol.